The van der Waals surface area contributed by atoms with Crippen LogP contribution in [0, 0.1) is 0 Å². The SMILES string of the molecule is CC(C)=CCNC1CCC1. The molecule has 1 aliphatic rings. The molecule has 1 nitrogen and oxygen atoms in total. The second-order valence-electron chi connectivity index (χ2n) is 3.32. The van der Waals surface area contributed by atoms with E-state index in [2.05, 4.69) is 25.2 Å². The zero-order valence-corrected chi connectivity index (χ0v) is 6.98. The number of nitrogens with one attached hydrogen (secondary N) is 1. The quantitative estimate of drug-likeness (QED) is 0.590. The Morgan fingerprint density at radius 1 is 1.50 bits per heavy atom. The maximum Gasteiger partial charge on any atom is 0.0139 e. The van der Waals surface area contributed by atoms with Crippen molar-refractivity contribution in [1.82, 2.24) is 5.32 Å². The van der Waals surface area contributed by atoms with Crippen LogP contribution in [0.3, 0.4) is 0 Å². The van der Waals surface area contributed by atoms with Crippen molar-refractivity contribution in [3.8, 4) is 0 Å². The molecule has 1 N–H and O–H groups in total. The van der Waals surface area contributed by atoms with Crippen LogP contribution in [0.5, 0.6) is 0 Å². The van der Waals surface area contributed by atoms with Gasteiger partial charge in [-0.1, -0.05) is 18.1 Å². The standard InChI is InChI=1S/C9H17N/c1-8(2)6-7-10-9-4-3-5-9/h6,9-10H,3-5,7H2,1-2H3. The van der Waals surface area contributed by atoms with Gasteiger partial charge in [0.2, 0.25) is 0 Å². The lowest BCUT2D eigenvalue weighted by Crippen LogP contribution is -2.35. The van der Waals surface area contributed by atoms with Crippen LogP contribution in [0.1, 0.15) is 33.1 Å². The predicted octanol–water partition coefficient (Wildman–Crippen LogP) is 2.09. The number of allylic oxidation sites excluding steroid dienone is 1. The topological polar surface area (TPSA) is 12.0 Å². The summed E-state index contributed by atoms with van der Waals surface area (Å²) < 4.78 is 0. The van der Waals surface area contributed by atoms with E-state index in [-0.39, 0.29) is 0 Å². The van der Waals surface area contributed by atoms with Crippen molar-refractivity contribution in [2.45, 2.75) is 39.2 Å². The molecule has 0 saturated heterocycles. The molecular formula is C9H17N. The van der Waals surface area contributed by atoms with Crippen LogP contribution in [0.15, 0.2) is 11.6 Å². The van der Waals surface area contributed by atoms with Gasteiger partial charge in [0.1, 0.15) is 0 Å². The molecule has 0 amide bonds. The fourth-order valence-electron chi connectivity index (χ4n) is 1.04. The van der Waals surface area contributed by atoms with Gasteiger partial charge in [-0.2, -0.15) is 0 Å². The molecule has 0 aromatic heterocycles. The molecule has 0 aromatic rings. The van der Waals surface area contributed by atoms with E-state index in [0.717, 1.165) is 12.6 Å². The van der Waals surface area contributed by atoms with E-state index < -0.39 is 0 Å². The van der Waals surface area contributed by atoms with Crippen LogP contribution in [0.2, 0.25) is 0 Å². The highest BCUT2D eigenvalue weighted by Crippen LogP contribution is 2.17. The molecule has 1 heteroatoms. The summed E-state index contributed by atoms with van der Waals surface area (Å²) >= 11 is 0. The Labute approximate surface area is 63.5 Å². The largest absolute Gasteiger partial charge is 0.311 e. The van der Waals surface area contributed by atoms with Crippen LogP contribution in [0.25, 0.3) is 0 Å². The minimum atomic E-state index is 0.829. The summed E-state index contributed by atoms with van der Waals surface area (Å²) in [5, 5.41) is 3.47. The van der Waals surface area contributed by atoms with Gasteiger partial charge in [0, 0.05) is 12.6 Å². The normalized spacial score (nSPS) is 18.2. The van der Waals surface area contributed by atoms with Crippen molar-refractivity contribution >= 4 is 0 Å². The van der Waals surface area contributed by atoms with E-state index in [9.17, 15) is 0 Å². The van der Waals surface area contributed by atoms with Crippen molar-refractivity contribution in [1.29, 1.82) is 0 Å². The van der Waals surface area contributed by atoms with Crippen molar-refractivity contribution in [3.05, 3.63) is 11.6 Å². The second-order valence-corrected chi connectivity index (χ2v) is 3.32. The molecule has 10 heavy (non-hydrogen) atoms. The molecule has 0 atom stereocenters. The van der Waals surface area contributed by atoms with E-state index >= 15 is 0 Å². The Balaban J connectivity index is 1.99. The zero-order valence-electron chi connectivity index (χ0n) is 6.98. The van der Waals surface area contributed by atoms with Crippen molar-refractivity contribution in [3.63, 3.8) is 0 Å². The van der Waals surface area contributed by atoms with E-state index in [4.69, 9.17) is 0 Å². The molecule has 1 aliphatic carbocycles. The molecule has 0 spiro atoms. The fourth-order valence-corrected chi connectivity index (χ4v) is 1.04. The van der Waals surface area contributed by atoms with Crippen LogP contribution in [-0.4, -0.2) is 12.6 Å². The van der Waals surface area contributed by atoms with Crippen LogP contribution < -0.4 is 5.32 Å². The van der Waals surface area contributed by atoms with E-state index in [1.54, 1.807) is 0 Å². The van der Waals surface area contributed by atoms with Crippen molar-refractivity contribution in [2.75, 3.05) is 6.54 Å². The Morgan fingerprint density at radius 3 is 2.60 bits per heavy atom. The van der Waals surface area contributed by atoms with E-state index in [1.165, 1.54) is 24.8 Å². The molecule has 0 bridgehead atoms. The van der Waals surface area contributed by atoms with Gasteiger partial charge in [0.15, 0.2) is 0 Å². The molecule has 0 heterocycles. The summed E-state index contributed by atoms with van der Waals surface area (Å²) in [4.78, 5) is 0. The highest BCUT2D eigenvalue weighted by molar-refractivity contribution is 4.95. The first-order chi connectivity index (χ1) is 4.79. The van der Waals surface area contributed by atoms with Gasteiger partial charge >= 0.3 is 0 Å². The molecule has 0 unspecified atom stereocenters. The molecule has 1 fully saturated rings. The average molecular weight is 139 g/mol. The first kappa shape index (κ1) is 7.80. The van der Waals surface area contributed by atoms with Crippen LogP contribution in [0.4, 0.5) is 0 Å². The maximum atomic E-state index is 3.47. The summed E-state index contributed by atoms with van der Waals surface area (Å²) in [6.45, 7) is 5.35. The Kier molecular flexibility index (Phi) is 2.94. The average Bonchev–Trinajstić information content (AvgIpc) is 1.75. The first-order valence-electron chi connectivity index (χ1n) is 4.16. The molecule has 0 aliphatic heterocycles. The smallest absolute Gasteiger partial charge is 0.0139 e. The van der Waals surface area contributed by atoms with Gasteiger partial charge in [0.05, 0.1) is 0 Å². The zero-order chi connectivity index (χ0) is 7.40. The molecule has 1 rings (SSSR count). The van der Waals surface area contributed by atoms with Gasteiger partial charge in [-0.3, -0.25) is 0 Å². The fraction of sp³-hybridized carbons (Fsp3) is 0.778. The van der Waals surface area contributed by atoms with Crippen LogP contribution in [-0.2, 0) is 0 Å². The molecule has 0 aromatic carbocycles. The predicted molar refractivity (Wildman–Crippen MR) is 45.1 cm³/mol. The first-order valence-corrected chi connectivity index (χ1v) is 4.16. The monoisotopic (exact) mass is 139 g/mol. The van der Waals surface area contributed by atoms with Gasteiger partial charge in [-0.25, -0.2) is 0 Å². The van der Waals surface area contributed by atoms with Gasteiger partial charge in [-0.05, 0) is 26.7 Å². The Bertz CT molecular complexity index is 119. The lowest BCUT2D eigenvalue weighted by atomic mass is 9.93. The van der Waals surface area contributed by atoms with E-state index in [0.29, 0.717) is 0 Å². The lowest BCUT2D eigenvalue weighted by Gasteiger charge is -2.25. The number of hydrogen-bond acceptors (Lipinski definition) is 1. The molecule has 1 saturated carbocycles. The van der Waals surface area contributed by atoms with Gasteiger partial charge in [0.25, 0.3) is 0 Å². The number of hydrogen-bond donors (Lipinski definition) is 1. The highest BCUT2D eigenvalue weighted by Gasteiger charge is 2.14. The number of rotatable bonds is 3. The minimum absolute atomic E-state index is 0.829. The second kappa shape index (κ2) is 3.77. The third-order valence-corrected chi connectivity index (χ3v) is 2.02. The third-order valence-electron chi connectivity index (χ3n) is 2.02. The van der Waals surface area contributed by atoms with Crippen LogP contribution >= 0.6 is 0 Å². The Morgan fingerprint density at radius 2 is 2.20 bits per heavy atom. The summed E-state index contributed by atoms with van der Waals surface area (Å²) in [5.41, 5.74) is 1.41. The van der Waals surface area contributed by atoms with E-state index in [1.807, 2.05) is 0 Å². The molecule has 0 radical (unpaired) electrons. The third kappa shape index (κ3) is 2.53. The molecule has 58 valence electrons. The van der Waals surface area contributed by atoms with Gasteiger partial charge < -0.3 is 5.32 Å². The summed E-state index contributed by atoms with van der Waals surface area (Å²) in [7, 11) is 0. The summed E-state index contributed by atoms with van der Waals surface area (Å²) in [6.07, 6.45) is 6.44. The molecular weight excluding hydrogens is 122 g/mol. The summed E-state index contributed by atoms with van der Waals surface area (Å²) in [5.74, 6) is 0. The lowest BCUT2D eigenvalue weighted by molar-refractivity contribution is 0.351. The summed E-state index contributed by atoms with van der Waals surface area (Å²) in [6, 6.07) is 0.829. The highest BCUT2D eigenvalue weighted by atomic mass is 14.9. The minimum Gasteiger partial charge on any atom is -0.311 e. The van der Waals surface area contributed by atoms with Gasteiger partial charge in [-0.15, -0.1) is 0 Å². The van der Waals surface area contributed by atoms with Crippen molar-refractivity contribution < 1.29 is 0 Å². The van der Waals surface area contributed by atoms with Crippen molar-refractivity contribution in [2.24, 2.45) is 0 Å². The maximum absolute atomic E-state index is 3.47. The Hall–Kier alpha value is -0.300.